The van der Waals surface area contributed by atoms with Crippen LogP contribution in [0.3, 0.4) is 0 Å². The Balaban J connectivity index is 1.87. The van der Waals surface area contributed by atoms with Crippen molar-refractivity contribution in [2.45, 2.75) is 44.0 Å². The molecule has 2 amide bonds. The molecule has 0 saturated heterocycles. The minimum atomic E-state index is -1.47. The van der Waals surface area contributed by atoms with Crippen LogP contribution in [0, 0.1) is 13.8 Å². The molecular formula is C21H24Cl3N7O2. The predicted molar refractivity (Wildman–Crippen MR) is 129 cm³/mol. The molecule has 33 heavy (non-hydrogen) atoms. The van der Waals surface area contributed by atoms with Gasteiger partial charge in [0.25, 0.3) is 11.8 Å². The van der Waals surface area contributed by atoms with Crippen LogP contribution in [0.2, 0.25) is 5.15 Å². The van der Waals surface area contributed by atoms with E-state index >= 15 is 0 Å². The van der Waals surface area contributed by atoms with E-state index in [2.05, 4.69) is 30.9 Å². The van der Waals surface area contributed by atoms with Crippen molar-refractivity contribution in [2.75, 3.05) is 5.32 Å². The van der Waals surface area contributed by atoms with Crippen LogP contribution in [0.4, 0.5) is 5.82 Å². The van der Waals surface area contributed by atoms with Gasteiger partial charge in [-0.25, -0.2) is 4.98 Å². The van der Waals surface area contributed by atoms with Gasteiger partial charge in [0, 0.05) is 36.5 Å². The summed E-state index contributed by atoms with van der Waals surface area (Å²) in [6.07, 6.45) is 1.41. The number of amides is 2. The molecule has 0 fully saturated rings. The first-order valence-electron chi connectivity index (χ1n) is 9.99. The monoisotopic (exact) mass is 511 g/mol. The summed E-state index contributed by atoms with van der Waals surface area (Å²) < 4.78 is 0.102. The quantitative estimate of drug-likeness (QED) is 0.324. The lowest BCUT2D eigenvalue weighted by molar-refractivity contribution is -0.121. The highest BCUT2D eigenvalue weighted by Crippen LogP contribution is 2.33. The van der Waals surface area contributed by atoms with E-state index in [1.807, 2.05) is 13.8 Å². The summed E-state index contributed by atoms with van der Waals surface area (Å²) >= 11 is 18.8. The lowest BCUT2D eigenvalue weighted by atomic mass is 9.94. The van der Waals surface area contributed by atoms with E-state index < -0.39 is 21.7 Å². The number of nitrogens with zero attached hydrogens (tertiary/aromatic N) is 4. The number of hydrogen-bond donors (Lipinski definition) is 3. The third-order valence-corrected chi connectivity index (χ3v) is 5.65. The Bertz CT molecular complexity index is 1180. The van der Waals surface area contributed by atoms with Crippen LogP contribution in [0.25, 0.3) is 11.1 Å². The number of hydrogen-bond acceptors (Lipinski definition) is 5. The lowest BCUT2D eigenvalue weighted by Gasteiger charge is -2.33. The molecule has 1 atom stereocenters. The maximum atomic E-state index is 13.3. The molecule has 9 nitrogen and oxygen atoms in total. The molecule has 0 aliphatic heterocycles. The molecule has 3 N–H and O–H groups in total. The fourth-order valence-corrected chi connectivity index (χ4v) is 4.39. The summed E-state index contributed by atoms with van der Waals surface area (Å²) in [6.45, 7) is 6.81. The number of pyridine rings is 1. The molecule has 0 aliphatic rings. The zero-order valence-electron chi connectivity index (χ0n) is 18.8. The van der Waals surface area contributed by atoms with Gasteiger partial charge in [0.15, 0.2) is 0 Å². The molecule has 0 spiro atoms. The SMILES string of the molecule is Cc1n[nH]c(C)c1-c1ccc(NC(=O)[C@](C)(CC(C)(Cl)Cl)NC(=O)c2ccnn2C)nc1Cl. The Hall–Kier alpha value is -2.62. The van der Waals surface area contributed by atoms with Crippen LogP contribution >= 0.6 is 34.8 Å². The normalized spacial score (nSPS) is 13.5. The van der Waals surface area contributed by atoms with Gasteiger partial charge in [-0.1, -0.05) is 11.6 Å². The molecule has 3 rings (SSSR count). The first kappa shape index (κ1) is 25.0. The van der Waals surface area contributed by atoms with Gasteiger partial charge in [-0.3, -0.25) is 19.4 Å². The van der Waals surface area contributed by atoms with Crippen molar-refractivity contribution in [3.8, 4) is 11.1 Å². The van der Waals surface area contributed by atoms with Crippen LogP contribution in [-0.4, -0.2) is 46.6 Å². The molecule has 0 radical (unpaired) electrons. The van der Waals surface area contributed by atoms with E-state index in [1.54, 1.807) is 19.2 Å². The summed E-state index contributed by atoms with van der Waals surface area (Å²) in [6, 6.07) is 4.90. The molecule has 3 heterocycles. The predicted octanol–water partition coefficient (Wildman–Crippen LogP) is 4.19. The van der Waals surface area contributed by atoms with Gasteiger partial charge in [0.1, 0.15) is 26.5 Å². The molecule has 3 aromatic heterocycles. The van der Waals surface area contributed by atoms with Crippen LogP contribution in [0.15, 0.2) is 24.4 Å². The summed E-state index contributed by atoms with van der Waals surface area (Å²) in [5.74, 6) is -0.852. The summed E-state index contributed by atoms with van der Waals surface area (Å²) in [5, 5.41) is 16.7. The van der Waals surface area contributed by atoms with E-state index in [1.165, 1.54) is 30.8 Å². The van der Waals surface area contributed by atoms with E-state index in [4.69, 9.17) is 34.8 Å². The Labute approximate surface area is 206 Å². The van der Waals surface area contributed by atoms with E-state index in [-0.39, 0.29) is 23.1 Å². The first-order chi connectivity index (χ1) is 15.3. The highest BCUT2D eigenvalue weighted by molar-refractivity contribution is 6.48. The van der Waals surface area contributed by atoms with Crippen LogP contribution in [0.1, 0.15) is 42.1 Å². The highest BCUT2D eigenvalue weighted by Gasteiger charge is 2.41. The van der Waals surface area contributed by atoms with Crippen LogP contribution in [-0.2, 0) is 11.8 Å². The molecular weight excluding hydrogens is 489 g/mol. The van der Waals surface area contributed by atoms with Gasteiger partial charge < -0.3 is 10.6 Å². The van der Waals surface area contributed by atoms with Gasteiger partial charge in [-0.15, -0.1) is 23.2 Å². The third-order valence-electron chi connectivity index (χ3n) is 5.10. The number of nitrogens with one attached hydrogen (secondary N) is 3. The smallest absolute Gasteiger partial charge is 0.270 e. The van der Waals surface area contributed by atoms with Crippen molar-refractivity contribution in [1.29, 1.82) is 0 Å². The second-order valence-electron chi connectivity index (χ2n) is 8.17. The number of rotatable bonds is 7. The second-order valence-corrected chi connectivity index (χ2v) is 10.4. The number of halogens is 3. The number of carbonyl (C=O) groups is 2. The maximum absolute atomic E-state index is 13.3. The molecule has 0 aliphatic carbocycles. The fourth-order valence-electron chi connectivity index (χ4n) is 3.61. The Morgan fingerprint density at radius 1 is 1.18 bits per heavy atom. The lowest BCUT2D eigenvalue weighted by Crippen LogP contribution is -2.57. The number of alkyl halides is 2. The van der Waals surface area contributed by atoms with Crippen molar-refractivity contribution in [2.24, 2.45) is 7.05 Å². The van der Waals surface area contributed by atoms with E-state index in [0.29, 0.717) is 5.56 Å². The molecule has 0 unspecified atom stereocenters. The van der Waals surface area contributed by atoms with Gasteiger partial charge in [0.2, 0.25) is 0 Å². The van der Waals surface area contributed by atoms with Gasteiger partial charge >= 0.3 is 0 Å². The molecule has 3 aromatic rings. The highest BCUT2D eigenvalue weighted by atomic mass is 35.5. The summed E-state index contributed by atoms with van der Waals surface area (Å²) in [7, 11) is 1.62. The van der Waals surface area contributed by atoms with Crippen molar-refractivity contribution >= 4 is 52.4 Å². The van der Waals surface area contributed by atoms with E-state index in [0.717, 1.165) is 17.0 Å². The zero-order valence-corrected chi connectivity index (χ0v) is 21.0. The Kier molecular flexibility index (Phi) is 7.07. The molecule has 0 bridgehead atoms. The minimum absolute atomic E-state index is 0.0717. The molecule has 176 valence electrons. The van der Waals surface area contributed by atoms with Gasteiger partial charge in [-0.2, -0.15) is 10.2 Å². The van der Waals surface area contributed by atoms with Gasteiger partial charge in [-0.05, 0) is 45.9 Å². The number of aryl methyl sites for hydroxylation is 3. The van der Waals surface area contributed by atoms with Gasteiger partial charge in [0.05, 0.1) is 5.69 Å². The molecule has 0 aromatic carbocycles. The first-order valence-corrected chi connectivity index (χ1v) is 11.1. The number of H-pyrrole nitrogens is 1. The Morgan fingerprint density at radius 3 is 2.39 bits per heavy atom. The maximum Gasteiger partial charge on any atom is 0.270 e. The summed E-state index contributed by atoms with van der Waals surface area (Å²) in [5.41, 5.74) is 1.96. The van der Waals surface area contributed by atoms with Crippen molar-refractivity contribution in [1.82, 2.24) is 30.3 Å². The van der Waals surface area contributed by atoms with Crippen molar-refractivity contribution in [3.63, 3.8) is 0 Å². The Morgan fingerprint density at radius 2 is 1.88 bits per heavy atom. The number of aromatic amines is 1. The zero-order chi connectivity index (χ0) is 24.6. The summed E-state index contributed by atoms with van der Waals surface area (Å²) in [4.78, 5) is 30.4. The number of anilines is 1. The fraction of sp³-hybridized carbons (Fsp3) is 0.381. The van der Waals surface area contributed by atoms with Crippen LogP contribution < -0.4 is 10.6 Å². The number of carbonyl (C=O) groups excluding carboxylic acids is 2. The van der Waals surface area contributed by atoms with Crippen molar-refractivity contribution < 1.29 is 9.59 Å². The topological polar surface area (TPSA) is 118 Å². The second kappa shape index (κ2) is 9.32. The third kappa shape index (κ3) is 5.66. The minimum Gasteiger partial charge on any atom is -0.336 e. The van der Waals surface area contributed by atoms with Crippen LogP contribution in [0.5, 0.6) is 0 Å². The standard InChI is InChI=1S/C21H24Cl3N7O2/c1-11-16(12(2)30-29-11)13-6-7-15(26-17(13)22)27-19(33)20(3,10-21(4,23)24)28-18(32)14-8-9-25-31(14)5/h6-9H,10H2,1-5H3,(H,28,32)(H,29,30)(H,26,27,33)/t20-/m0/s1. The average Bonchev–Trinajstić information content (AvgIpc) is 3.26. The average molecular weight is 513 g/mol. The van der Waals surface area contributed by atoms with E-state index in [9.17, 15) is 9.59 Å². The molecule has 12 heteroatoms. The van der Waals surface area contributed by atoms with Crippen molar-refractivity contribution in [3.05, 3.63) is 46.6 Å². The number of aromatic nitrogens is 5. The largest absolute Gasteiger partial charge is 0.336 e. The molecule has 0 saturated carbocycles.